The minimum absolute atomic E-state index is 0.185. The van der Waals surface area contributed by atoms with Crippen LogP contribution in [0.5, 0.6) is 0 Å². The molecule has 0 saturated carbocycles. The molecule has 0 radical (unpaired) electrons. The minimum atomic E-state index is -0.185. The van der Waals surface area contributed by atoms with Crippen LogP contribution in [0.4, 0.5) is 4.39 Å². The molecule has 90 valence electrons. The molecule has 0 fully saturated rings. The Balaban J connectivity index is 2.32. The van der Waals surface area contributed by atoms with Crippen molar-refractivity contribution in [1.29, 1.82) is 0 Å². The van der Waals surface area contributed by atoms with Gasteiger partial charge in [0.2, 0.25) is 0 Å². The summed E-state index contributed by atoms with van der Waals surface area (Å²) in [6.07, 6.45) is 0. The molecule has 0 spiro atoms. The Morgan fingerprint density at radius 3 is 2.33 bits per heavy atom. The lowest BCUT2D eigenvalue weighted by molar-refractivity contribution is 0.638. The quantitative estimate of drug-likeness (QED) is 0.600. The zero-order chi connectivity index (χ0) is 12.7. The molecule has 3 aromatic rings. The van der Waals surface area contributed by atoms with E-state index in [0.717, 1.165) is 11.1 Å². The molecule has 1 aromatic heterocycles. The lowest BCUT2D eigenvalue weighted by Crippen LogP contribution is -1.92. The van der Waals surface area contributed by atoms with Gasteiger partial charge in [-0.25, -0.2) is 4.39 Å². The number of halogens is 2. The maximum Gasteiger partial charge on any atom is 0.156 e. The first kappa shape index (κ1) is 11.3. The number of para-hydroxylation sites is 1. The summed E-state index contributed by atoms with van der Waals surface area (Å²) in [4.78, 5) is 0. The van der Waals surface area contributed by atoms with E-state index >= 15 is 0 Å². The topological polar surface area (TPSA) is 4.93 Å². The molecule has 1 heterocycles. The van der Waals surface area contributed by atoms with Crippen LogP contribution in [0.25, 0.3) is 22.2 Å². The molecule has 0 unspecified atom stereocenters. The Morgan fingerprint density at radius 1 is 1.00 bits per heavy atom. The van der Waals surface area contributed by atoms with Crippen molar-refractivity contribution in [3.63, 3.8) is 0 Å². The number of fused-ring (bicyclic) bond motifs is 1. The van der Waals surface area contributed by atoms with E-state index in [1.54, 1.807) is 18.2 Å². The Morgan fingerprint density at radius 2 is 1.67 bits per heavy atom. The van der Waals surface area contributed by atoms with E-state index in [9.17, 15) is 4.39 Å². The van der Waals surface area contributed by atoms with Crippen molar-refractivity contribution in [2.24, 2.45) is 7.05 Å². The van der Waals surface area contributed by atoms with Crippen LogP contribution in [0.2, 0.25) is 5.02 Å². The SMILES string of the molecule is Cn1c(-c2ccc(Cl)cc2)c(F)c2ccccc21. The summed E-state index contributed by atoms with van der Waals surface area (Å²) in [5.74, 6) is -0.185. The molecule has 2 aromatic carbocycles. The maximum atomic E-state index is 14.4. The van der Waals surface area contributed by atoms with Crippen LogP contribution in [0.1, 0.15) is 0 Å². The summed E-state index contributed by atoms with van der Waals surface area (Å²) in [5.41, 5.74) is 2.31. The monoisotopic (exact) mass is 259 g/mol. The number of nitrogens with zero attached hydrogens (tertiary/aromatic N) is 1. The van der Waals surface area contributed by atoms with Crippen molar-refractivity contribution in [3.8, 4) is 11.3 Å². The lowest BCUT2D eigenvalue weighted by Gasteiger charge is -2.04. The fraction of sp³-hybridized carbons (Fsp3) is 0.0667. The number of hydrogen-bond acceptors (Lipinski definition) is 0. The normalized spacial score (nSPS) is 11.1. The first-order chi connectivity index (χ1) is 8.68. The number of aryl methyl sites for hydroxylation is 1. The Bertz CT molecular complexity index is 674. The fourth-order valence-electron chi connectivity index (χ4n) is 2.28. The first-order valence-corrected chi connectivity index (χ1v) is 6.05. The molecule has 0 aliphatic carbocycles. The molecule has 3 rings (SSSR count). The molecule has 0 atom stereocenters. The van der Waals surface area contributed by atoms with Gasteiger partial charge in [-0.15, -0.1) is 0 Å². The van der Waals surface area contributed by atoms with E-state index in [4.69, 9.17) is 11.6 Å². The molecule has 0 N–H and O–H groups in total. The zero-order valence-electron chi connectivity index (χ0n) is 9.82. The predicted molar refractivity (Wildman–Crippen MR) is 73.3 cm³/mol. The van der Waals surface area contributed by atoms with Crippen molar-refractivity contribution >= 4 is 22.5 Å². The summed E-state index contributed by atoms with van der Waals surface area (Å²) in [7, 11) is 1.87. The summed E-state index contributed by atoms with van der Waals surface area (Å²) >= 11 is 5.86. The van der Waals surface area contributed by atoms with Crippen molar-refractivity contribution in [1.82, 2.24) is 4.57 Å². The average molecular weight is 260 g/mol. The third-order valence-corrected chi connectivity index (χ3v) is 3.41. The standard InChI is InChI=1S/C15H11ClFN/c1-18-13-5-3-2-4-12(13)14(17)15(18)10-6-8-11(16)9-7-10/h2-9H,1H3. The number of aromatic nitrogens is 1. The van der Waals surface area contributed by atoms with Gasteiger partial charge in [0.15, 0.2) is 5.82 Å². The number of hydrogen-bond donors (Lipinski definition) is 0. The Kier molecular flexibility index (Phi) is 2.60. The Labute approximate surface area is 109 Å². The van der Waals surface area contributed by atoms with Crippen LogP contribution in [0.15, 0.2) is 48.5 Å². The number of rotatable bonds is 1. The van der Waals surface area contributed by atoms with E-state index in [2.05, 4.69) is 0 Å². The second-order valence-electron chi connectivity index (χ2n) is 4.25. The fourth-order valence-corrected chi connectivity index (χ4v) is 2.40. The van der Waals surface area contributed by atoms with Crippen molar-refractivity contribution in [2.45, 2.75) is 0 Å². The molecule has 0 aliphatic heterocycles. The van der Waals surface area contributed by atoms with Gasteiger partial charge in [-0.2, -0.15) is 0 Å². The predicted octanol–water partition coefficient (Wildman–Crippen LogP) is 4.64. The molecular formula is C15H11ClFN. The summed E-state index contributed by atoms with van der Waals surface area (Å²) in [5, 5.41) is 1.29. The van der Waals surface area contributed by atoms with Gasteiger partial charge in [-0.1, -0.05) is 35.9 Å². The van der Waals surface area contributed by atoms with Crippen LogP contribution in [0, 0.1) is 5.82 Å². The van der Waals surface area contributed by atoms with Crippen molar-refractivity contribution in [3.05, 3.63) is 59.4 Å². The number of benzene rings is 2. The van der Waals surface area contributed by atoms with Gasteiger partial charge in [0.1, 0.15) is 0 Å². The largest absolute Gasteiger partial charge is 0.341 e. The van der Waals surface area contributed by atoms with Crippen molar-refractivity contribution in [2.75, 3.05) is 0 Å². The summed E-state index contributed by atoms with van der Waals surface area (Å²) in [6, 6.07) is 14.7. The van der Waals surface area contributed by atoms with Gasteiger partial charge in [0.25, 0.3) is 0 Å². The van der Waals surface area contributed by atoms with Crippen LogP contribution in [-0.4, -0.2) is 4.57 Å². The van der Waals surface area contributed by atoms with E-state index < -0.39 is 0 Å². The summed E-state index contributed by atoms with van der Waals surface area (Å²) < 4.78 is 16.3. The van der Waals surface area contributed by atoms with E-state index in [1.165, 1.54) is 0 Å². The third kappa shape index (κ3) is 1.61. The highest BCUT2D eigenvalue weighted by atomic mass is 35.5. The van der Waals surface area contributed by atoms with Gasteiger partial charge in [-0.05, 0) is 24.3 Å². The lowest BCUT2D eigenvalue weighted by atomic mass is 10.1. The second-order valence-corrected chi connectivity index (χ2v) is 4.68. The highest BCUT2D eigenvalue weighted by Crippen LogP contribution is 2.31. The van der Waals surface area contributed by atoms with Gasteiger partial charge in [-0.3, -0.25) is 0 Å². The molecule has 0 bridgehead atoms. The van der Waals surface area contributed by atoms with Crippen LogP contribution >= 0.6 is 11.6 Å². The average Bonchev–Trinajstić information content (AvgIpc) is 2.64. The zero-order valence-corrected chi connectivity index (χ0v) is 10.6. The maximum absolute atomic E-state index is 14.4. The van der Waals surface area contributed by atoms with Gasteiger partial charge in [0.05, 0.1) is 11.2 Å². The molecule has 1 nitrogen and oxygen atoms in total. The molecule has 0 aliphatic rings. The molecular weight excluding hydrogens is 249 g/mol. The third-order valence-electron chi connectivity index (χ3n) is 3.16. The van der Waals surface area contributed by atoms with Gasteiger partial charge < -0.3 is 4.57 Å². The van der Waals surface area contributed by atoms with E-state index in [0.29, 0.717) is 16.1 Å². The second kappa shape index (κ2) is 4.14. The highest BCUT2D eigenvalue weighted by Gasteiger charge is 2.15. The molecule has 0 saturated heterocycles. The van der Waals surface area contributed by atoms with Crippen LogP contribution < -0.4 is 0 Å². The molecule has 3 heteroatoms. The Hall–Kier alpha value is -1.80. The van der Waals surface area contributed by atoms with Gasteiger partial charge in [0, 0.05) is 23.0 Å². The smallest absolute Gasteiger partial charge is 0.156 e. The van der Waals surface area contributed by atoms with Gasteiger partial charge >= 0.3 is 0 Å². The molecule has 18 heavy (non-hydrogen) atoms. The highest BCUT2D eigenvalue weighted by molar-refractivity contribution is 6.30. The van der Waals surface area contributed by atoms with E-state index in [1.807, 2.05) is 41.9 Å². The summed E-state index contributed by atoms with van der Waals surface area (Å²) in [6.45, 7) is 0. The van der Waals surface area contributed by atoms with Crippen molar-refractivity contribution < 1.29 is 4.39 Å². The van der Waals surface area contributed by atoms with Crippen LogP contribution in [-0.2, 0) is 7.05 Å². The first-order valence-electron chi connectivity index (χ1n) is 5.67. The minimum Gasteiger partial charge on any atom is -0.341 e. The molecule has 0 amide bonds. The van der Waals surface area contributed by atoms with E-state index in [-0.39, 0.29) is 5.82 Å². The van der Waals surface area contributed by atoms with Crippen LogP contribution in [0.3, 0.4) is 0 Å².